The lowest BCUT2D eigenvalue weighted by atomic mass is 9.73. The summed E-state index contributed by atoms with van der Waals surface area (Å²) in [6.07, 6.45) is 8.17. The molecule has 1 aromatic heterocycles. The molecule has 1 aliphatic heterocycles. The summed E-state index contributed by atoms with van der Waals surface area (Å²) in [4.78, 5) is 19.3. The maximum Gasteiger partial charge on any atom is 0.227 e. The van der Waals surface area contributed by atoms with Crippen LogP contribution in [0.3, 0.4) is 0 Å². The van der Waals surface area contributed by atoms with Gasteiger partial charge in [-0.2, -0.15) is 0 Å². The molecule has 4 nitrogen and oxygen atoms in total. The Morgan fingerprint density at radius 1 is 1.38 bits per heavy atom. The number of nitrogens with two attached hydrogens (primary N) is 1. The third-order valence-corrected chi connectivity index (χ3v) is 6.10. The van der Waals surface area contributed by atoms with Crippen molar-refractivity contribution in [2.24, 2.45) is 11.7 Å². The molecule has 2 aliphatic rings. The van der Waals surface area contributed by atoms with E-state index in [-0.39, 0.29) is 17.4 Å². The van der Waals surface area contributed by atoms with Crippen LogP contribution < -0.4 is 5.73 Å². The third-order valence-electron chi connectivity index (χ3n) is 5.16. The van der Waals surface area contributed by atoms with Crippen molar-refractivity contribution in [2.45, 2.75) is 56.9 Å². The summed E-state index contributed by atoms with van der Waals surface area (Å²) in [5, 5.41) is 3.26. The number of amides is 1. The van der Waals surface area contributed by atoms with Crippen molar-refractivity contribution in [2.75, 3.05) is 13.1 Å². The first-order chi connectivity index (χ1) is 10.1. The van der Waals surface area contributed by atoms with E-state index in [0.29, 0.717) is 5.92 Å². The highest BCUT2D eigenvalue weighted by Crippen LogP contribution is 2.35. The van der Waals surface area contributed by atoms with Crippen LogP contribution in [0.4, 0.5) is 0 Å². The van der Waals surface area contributed by atoms with Crippen molar-refractivity contribution in [1.82, 2.24) is 9.88 Å². The number of likely N-dealkylation sites (tertiary alicyclic amines) is 1. The topological polar surface area (TPSA) is 59.2 Å². The maximum absolute atomic E-state index is 12.8. The van der Waals surface area contributed by atoms with Gasteiger partial charge in [0.15, 0.2) is 0 Å². The molecule has 0 bridgehead atoms. The first-order valence-corrected chi connectivity index (χ1v) is 8.93. The van der Waals surface area contributed by atoms with Gasteiger partial charge in [-0.15, -0.1) is 11.3 Å². The molecule has 1 saturated carbocycles. The quantitative estimate of drug-likeness (QED) is 0.914. The van der Waals surface area contributed by atoms with Gasteiger partial charge in [-0.1, -0.05) is 12.8 Å². The van der Waals surface area contributed by atoms with Crippen molar-refractivity contribution in [3.8, 4) is 0 Å². The molecule has 116 valence electrons. The molecule has 21 heavy (non-hydrogen) atoms. The van der Waals surface area contributed by atoms with Crippen LogP contribution in [0.15, 0.2) is 11.6 Å². The van der Waals surface area contributed by atoms with E-state index >= 15 is 0 Å². The number of carbonyl (C=O) groups is 1. The van der Waals surface area contributed by atoms with Crippen molar-refractivity contribution in [3.05, 3.63) is 16.6 Å². The predicted molar refractivity (Wildman–Crippen MR) is 85.2 cm³/mol. The maximum atomic E-state index is 12.8. The molecule has 2 unspecified atom stereocenters. The van der Waals surface area contributed by atoms with Crippen LogP contribution in [0.2, 0.25) is 0 Å². The Bertz CT molecular complexity index is 478. The SMILES string of the molecule is CC1(N)CCCCC1C(=O)N1CCC(c2nccs2)CC1. The van der Waals surface area contributed by atoms with Crippen LogP contribution >= 0.6 is 11.3 Å². The smallest absolute Gasteiger partial charge is 0.227 e. The summed E-state index contributed by atoms with van der Waals surface area (Å²) in [6, 6.07) is 0. The second-order valence-electron chi connectivity index (χ2n) is 6.77. The highest BCUT2D eigenvalue weighted by Gasteiger charge is 2.40. The molecule has 2 N–H and O–H groups in total. The van der Waals surface area contributed by atoms with Gasteiger partial charge < -0.3 is 10.6 Å². The van der Waals surface area contributed by atoms with Gasteiger partial charge >= 0.3 is 0 Å². The number of piperidine rings is 1. The Hall–Kier alpha value is -0.940. The lowest BCUT2D eigenvalue weighted by Crippen LogP contribution is -2.54. The fraction of sp³-hybridized carbons (Fsp3) is 0.750. The molecule has 1 saturated heterocycles. The van der Waals surface area contributed by atoms with E-state index in [1.54, 1.807) is 11.3 Å². The average molecular weight is 307 g/mol. The third kappa shape index (κ3) is 3.14. The zero-order valence-electron chi connectivity index (χ0n) is 12.8. The largest absolute Gasteiger partial charge is 0.342 e. The molecule has 5 heteroatoms. The highest BCUT2D eigenvalue weighted by molar-refractivity contribution is 7.09. The highest BCUT2D eigenvalue weighted by atomic mass is 32.1. The number of hydrogen-bond acceptors (Lipinski definition) is 4. The van der Waals surface area contributed by atoms with Crippen LogP contribution in [-0.2, 0) is 4.79 Å². The number of rotatable bonds is 2. The van der Waals surface area contributed by atoms with E-state index < -0.39 is 0 Å². The Morgan fingerprint density at radius 3 is 2.76 bits per heavy atom. The molecule has 1 amide bonds. The monoisotopic (exact) mass is 307 g/mol. The van der Waals surface area contributed by atoms with Crippen molar-refractivity contribution < 1.29 is 4.79 Å². The van der Waals surface area contributed by atoms with Gasteiger partial charge in [0, 0.05) is 36.1 Å². The second-order valence-corrected chi connectivity index (χ2v) is 7.70. The minimum Gasteiger partial charge on any atom is -0.342 e. The molecule has 3 rings (SSSR count). The van der Waals surface area contributed by atoms with Gasteiger partial charge in [-0.05, 0) is 32.6 Å². The molecule has 2 atom stereocenters. The normalized spacial score (nSPS) is 31.3. The van der Waals surface area contributed by atoms with E-state index in [4.69, 9.17) is 5.73 Å². The summed E-state index contributed by atoms with van der Waals surface area (Å²) < 4.78 is 0. The number of carbonyl (C=O) groups excluding carboxylic acids is 1. The minimum absolute atomic E-state index is 0.0164. The Kier molecular flexibility index (Phi) is 4.31. The summed E-state index contributed by atoms with van der Waals surface area (Å²) in [5.41, 5.74) is 6.06. The van der Waals surface area contributed by atoms with E-state index in [1.165, 1.54) is 5.01 Å². The van der Waals surface area contributed by atoms with Gasteiger partial charge in [0.05, 0.1) is 10.9 Å². The summed E-state index contributed by atoms with van der Waals surface area (Å²) in [7, 11) is 0. The van der Waals surface area contributed by atoms with Crippen LogP contribution in [0.25, 0.3) is 0 Å². The Morgan fingerprint density at radius 2 is 2.14 bits per heavy atom. The van der Waals surface area contributed by atoms with Gasteiger partial charge in [0.2, 0.25) is 5.91 Å². The van der Waals surface area contributed by atoms with Crippen LogP contribution in [-0.4, -0.2) is 34.4 Å². The molecule has 0 radical (unpaired) electrons. The van der Waals surface area contributed by atoms with Gasteiger partial charge in [-0.25, -0.2) is 4.98 Å². The molecule has 1 aliphatic carbocycles. The van der Waals surface area contributed by atoms with Gasteiger partial charge in [0.1, 0.15) is 0 Å². The van der Waals surface area contributed by atoms with Crippen LogP contribution in [0.5, 0.6) is 0 Å². The standard InChI is InChI=1S/C16H25N3OS/c1-16(17)7-3-2-4-13(16)15(20)19-9-5-12(6-10-19)14-18-8-11-21-14/h8,11-13H,2-7,9-10,17H2,1H3. The molecular formula is C16H25N3OS. The lowest BCUT2D eigenvalue weighted by Gasteiger charge is -2.41. The van der Waals surface area contributed by atoms with E-state index in [0.717, 1.165) is 51.6 Å². The fourth-order valence-corrected chi connectivity index (χ4v) is 4.58. The molecular weight excluding hydrogens is 282 g/mol. The van der Waals surface area contributed by atoms with E-state index in [1.807, 2.05) is 16.5 Å². The number of aromatic nitrogens is 1. The first kappa shape index (κ1) is 15.0. The molecule has 0 aromatic carbocycles. The summed E-state index contributed by atoms with van der Waals surface area (Å²) >= 11 is 1.73. The van der Waals surface area contributed by atoms with Crippen molar-refractivity contribution in [3.63, 3.8) is 0 Å². The molecule has 2 fully saturated rings. The average Bonchev–Trinajstić information content (AvgIpc) is 3.00. The lowest BCUT2D eigenvalue weighted by molar-refractivity contribution is -0.140. The fourth-order valence-electron chi connectivity index (χ4n) is 3.77. The zero-order valence-corrected chi connectivity index (χ0v) is 13.6. The van der Waals surface area contributed by atoms with E-state index in [9.17, 15) is 4.79 Å². The van der Waals surface area contributed by atoms with Gasteiger partial charge in [0.25, 0.3) is 0 Å². The summed E-state index contributed by atoms with van der Waals surface area (Å²) in [5.74, 6) is 0.838. The number of nitrogens with zero attached hydrogens (tertiary/aromatic N) is 2. The first-order valence-electron chi connectivity index (χ1n) is 8.05. The predicted octanol–water partition coefficient (Wildman–Crippen LogP) is 2.76. The zero-order chi connectivity index (χ0) is 14.9. The van der Waals surface area contributed by atoms with Crippen molar-refractivity contribution in [1.29, 1.82) is 0 Å². The minimum atomic E-state index is -0.318. The Balaban J connectivity index is 1.60. The van der Waals surface area contributed by atoms with Crippen molar-refractivity contribution >= 4 is 17.2 Å². The number of thiazole rings is 1. The van der Waals surface area contributed by atoms with Crippen LogP contribution in [0.1, 0.15) is 56.4 Å². The Labute approximate surface area is 130 Å². The second kappa shape index (κ2) is 6.05. The number of hydrogen-bond donors (Lipinski definition) is 1. The van der Waals surface area contributed by atoms with Crippen LogP contribution in [0, 0.1) is 5.92 Å². The molecule has 1 aromatic rings. The van der Waals surface area contributed by atoms with Gasteiger partial charge in [-0.3, -0.25) is 4.79 Å². The summed E-state index contributed by atoms with van der Waals surface area (Å²) in [6.45, 7) is 3.77. The van der Waals surface area contributed by atoms with E-state index in [2.05, 4.69) is 11.9 Å². The molecule has 2 heterocycles. The molecule has 0 spiro atoms.